The van der Waals surface area contributed by atoms with E-state index in [1.165, 1.54) is 0 Å². The van der Waals surface area contributed by atoms with Crippen LogP contribution in [0.5, 0.6) is 5.75 Å². The van der Waals surface area contributed by atoms with Crippen LogP contribution in [0.1, 0.15) is 11.3 Å². The minimum absolute atomic E-state index is 0.119. The lowest BCUT2D eigenvalue weighted by atomic mass is 10.0. The summed E-state index contributed by atoms with van der Waals surface area (Å²) in [4.78, 5) is 15.2. The van der Waals surface area contributed by atoms with Crippen LogP contribution in [0.15, 0.2) is 64.1 Å². The molecule has 2 aromatic heterocycles. The first-order valence-electron chi connectivity index (χ1n) is 8.99. The molecule has 0 aliphatic carbocycles. The van der Waals surface area contributed by atoms with E-state index < -0.39 is 0 Å². The lowest BCUT2D eigenvalue weighted by Crippen LogP contribution is -2.13. The first-order valence-corrected chi connectivity index (χ1v) is 8.99. The molecule has 0 radical (unpaired) electrons. The summed E-state index contributed by atoms with van der Waals surface area (Å²) in [6, 6.07) is 12.9. The van der Waals surface area contributed by atoms with Crippen LogP contribution in [0.3, 0.4) is 0 Å². The Bertz CT molecular complexity index is 1210. The second-order valence-corrected chi connectivity index (χ2v) is 7.05. The summed E-state index contributed by atoms with van der Waals surface area (Å²) in [6.45, 7) is 2.23. The van der Waals surface area contributed by atoms with Crippen molar-refractivity contribution in [3.8, 4) is 22.6 Å². The molecule has 0 amide bonds. The van der Waals surface area contributed by atoms with Crippen molar-refractivity contribution in [2.45, 2.75) is 13.5 Å². The Balaban J connectivity index is 1.89. The maximum atomic E-state index is 13.3. The Morgan fingerprint density at radius 2 is 1.89 bits per heavy atom. The van der Waals surface area contributed by atoms with Crippen LogP contribution in [0.25, 0.3) is 27.8 Å². The van der Waals surface area contributed by atoms with Gasteiger partial charge in [-0.15, -0.1) is 0 Å². The number of hydrogen-bond acceptors (Lipinski definition) is 5. The fourth-order valence-electron chi connectivity index (χ4n) is 3.39. The van der Waals surface area contributed by atoms with Gasteiger partial charge in [-0.05, 0) is 45.3 Å². The van der Waals surface area contributed by atoms with Crippen molar-refractivity contribution in [2.24, 2.45) is 0 Å². The highest BCUT2D eigenvalue weighted by Crippen LogP contribution is 2.30. The van der Waals surface area contributed by atoms with Crippen LogP contribution in [-0.2, 0) is 6.54 Å². The number of fused-ring (bicyclic) bond motifs is 1. The number of rotatable bonds is 4. The molecule has 0 atom stereocenters. The fraction of sp³-hybridized carbons (Fsp3) is 0.182. The van der Waals surface area contributed by atoms with Gasteiger partial charge in [-0.3, -0.25) is 4.79 Å². The van der Waals surface area contributed by atoms with Crippen LogP contribution in [0.2, 0.25) is 0 Å². The normalized spacial score (nSPS) is 11.4. The average molecular weight is 375 g/mol. The van der Waals surface area contributed by atoms with Gasteiger partial charge in [-0.1, -0.05) is 18.2 Å². The zero-order chi connectivity index (χ0) is 19.8. The second-order valence-electron chi connectivity index (χ2n) is 7.05. The van der Waals surface area contributed by atoms with Crippen LogP contribution >= 0.6 is 0 Å². The van der Waals surface area contributed by atoms with E-state index in [0.717, 1.165) is 5.69 Å². The van der Waals surface area contributed by atoms with Crippen LogP contribution < -0.4 is 5.43 Å². The van der Waals surface area contributed by atoms with E-state index in [-0.39, 0.29) is 11.2 Å². The zero-order valence-corrected chi connectivity index (χ0v) is 16.0. The van der Waals surface area contributed by atoms with Crippen molar-refractivity contribution in [1.29, 1.82) is 0 Å². The number of aromatic hydroxyl groups is 1. The van der Waals surface area contributed by atoms with Gasteiger partial charge in [0.2, 0.25) is 5.43 Å². The minimum atomic E-state index is -0.133. The van der Waals surface area contributed by atoms with E-state index in [1.807, 2.05) is 55.5 Å². The topological polar surface area (TPSA) is 71.5 Å². The summed E-state index contributed by atoms with van der Waals surface area (Å²) in [5.74, 6) is 0.615. The lowest BCUT2D eigenvalue weighted by molar-refractivity contribution is 0.383. The molecule has 6 nitrogen and oxygen atoms in total. The van der Waals surface area contributed by atoms with E-state index in [9.17, 15) is 9.90 Å². The molecule has 142 valence electrons. The molecule has 1 N–H and O–H groups in total. The highest BCUT2D eigenvalue weighted by molar-refractivity contribution is 5.86. The Labute approximate surface area is 162 Å². The first-order chi connectivity index (χ1) is 13.5. The SMILES string of the molecule is Cc1oc2c(CN(C)C)c(O)ccc2c(=O)c1-c1cnn(-c2ccccc2)c1. The number of nitrogens with zero attached hydrogens (tertiary/aromatic N) is 3. The Kier molecular flexibility index (Phi) is 4.49. The molecule has 0 aliphatic rings. The average Bonchev–Trinajstić information content (AvgIpc) is 3.14. The van der Waals surface area contributed by atoms with Gasteiger partial charge in [0.25, 0.3) is 0 Å². The predicted octanol–water partition coefficient (Wildman–Crippen LogP) is 3.72. The van der Waals surface area contributed by atoms with Crippen molar-refractivity contribution in [3.63, 3.8) is 0 Å². The molecule has 2 heterocycles. The summed E-state index contributed by atoms with van der Waals surface area (Å²) in [5.41, 5.74) is 2.99. The largest absolute Gasteiger partial charge is 0.507 e. The molecule has 0 aliphatic heterocycles. The molecule has 6 heteroatoms. The van der Waals surface area contributed by atoms with Gasteiger partial charge in [0, 0.05) is 18.3 Å². The van der Waals surface area contributed by atoms with E-state index in [4.69, 9.17) is 4.42 Å². The van der Waals surface area contributed by atoms with Crippen molar-refractivity contribution >= 4 is 11.0 Å². The molecule has 28 heavy (non-hydrogen) atoms. The summed E-state index contributed by atoms with van der Waals surface area (Å²) in [7, 11) is 3.80. The fourth-order valence-corrected chi connectivity index (χ4v) is 3.39. The number of aromatic nitrogens is 2. The molecule has 0 spiro atoms. The number of aryl methyl sites for hydroxylation is 1. The van der Waals surface area contributed by atoms with Crippen molar-refractivity contribution in [2.75, 3.05) is 14.1 Å². The molecule has 0 fully saturated rings. The summed E-state index contributed by atoms with van der Waals surface area (Å²) in [6.07, 6.45) is 3.49. The molecular formula is C22H21N3O3. The van der Waals surface area contributed by atoms with Crippen LogP contribution in [0, 0.1) is 6.92 Å². The van der Waals surface area contributed by atoms with Gasteiger partial charge in [0.15, 0.2) is 0 Å². The van der Waals surface area contributed by atoms with E-state index in [0.29, 0.717) is 40.0 Å². The highest BCUT2D eigenvalue weighted by Gasteiger charge is 2.19. The third-order valence-corrected chi connectivity index (χ3v) is 4.68. The molecule has 2 aromatic carbocycles. The molecule has 0 unspecified atom stereocenters. The number of phenolic OH excluding ortho intramolecular Hbond substituents is 1. The van der Waals surface area contributed by atoms with Gasteiger partial charge in [0.05, 0.1) is 28.4 Å². The van der Waals surface area contributed by atoms with Crippen molar-refractivity contribution in [3.05, 3.63) is 76.4 Å². The van der Waals surface area contributed by atoms with Gasteiger partial charge < -0.3 is 14.4 Å². The third kappa shape index (κ3) is 3.08. The van der Waals surface area contributed by atoms with Gasteiger partial charge in [-0.2, -0.15) is 5.10 Å². The van der Waals surface area contributed by atoms with Gasteiger partial charge in [0.1, 0.15) is 17.1 Å². The van der Waals surface area contributed by atoms with Crippen LogP contribution in [-0.4, -0.2) is 33.9 Å². The molecule has 0 bridgehead atoms. The summed E-state index contributed by atoms with van der Waals surface area (Å²) < 4.78 is 7.76. The van der Waals surface area contributed by atoms with Gasteiger partial charge >= 0.3 is 0 Å². The standard InChI is InChI=1S/C22H21N3O3/c1-14-20(15-11-23-25(12-15)16-7-5-4-6-8-16)21(27)17-9-10-19(26)18(13-24(2)3)22(17)28-14/h4-12,26H,13H2,1-3H3. The highest BCUT2D eigenvalue weighted by atomic mass is 16.3. The zero-order valence-electron chi connectivity index (χ0n) is 16.0. The quantitative estimate of drug-likeness (QED) is 0.589. The van der Waals surface area contributed by atoms with Crippen molar-refractivity contribution < 1.29 is 9.52 Å². The molecular weight excluding hydrogens is 354 g/mol. The maximum Gasteiger partial charge on any atom is 0.200 e. The Hall–Kier alpha value is -3.38. The summed E-state index contributed by atoms with van der Waals surface area (Å²) in [5, 5.41) is 15.1. The Morgan fingerprint density at radius 3 is 2.61 bits per heavy atom. The van der Waals surface area contributed by atoms with E-state index in [2.05, 4.69) is 5.10 Å². The monoisotopic (exact) mass is 375 g/mol. The van der Waals surface area contributed by atoms with Crippen molar-refractivity contribution in [1.82, 2.24) is 14.7 Å². The maximum absolute atomic E-state index is 13.3. The molecule has 4 aromatic rings. The van der Waals surface area contributed by atoms with Crippen LogP contribution in [0.4, 0.5) is 0 Å². The smallest absolute Gasteiger partial charge is 0.200 e. The molecule has 4 rings (SSSR count). The number of benzene rings is 2. The second kappa shape index (κ2) is 6.98. The molecule has 0 saturated heterocycles. The predicted molar refractivity (Wildman–Crippen MR) is 109 cm³/mol. The first kappa shape index (κ1) is 18.0. The van der Waals surface area contributed by atoms with E-state index in [1.54, 1.807) is 29.9 Å². The lowest BCUT2D eigenvalue weighted by Gasteiger charge is -2.14. The third-order valence-electron chi connectivity index (χ3n) is 4.68. The minimum Gasteiger partial charge on any atom is -0.507 e. The molecule has 0 saturated carbocycles. The van der Waals surface area contributed by atoms with E-state index >= 15 is 0 Å². The summed E-state index contributed by atoms with van der Waals surface area (Å²) >= 11 is 0. The number of hydrogen-bond donors (Lipinski definition) is 1. The Morgan fingerprint density at radius 1 is 1.14 bits per heavy atom. The van der Waals surface area contributed by atoms with Gasteiger partial charge in [-0.25, -0.2) is 4.68 Å². The number of phenols is 1. The number of para-hydroxylation sites is 1.